The molecule has 0 aliphatic carbocycles. The number of benzene rings is 1. The van der Waals surface area contributed by atoms with Gasteiger partial charge in [0.25, 0.3) is 0 Å². The van der Waals surface area contributed by atoms with Crippen LogP contribution in [-0.4, -0.2) is 21.1 Å². The van der Waals surface area contributed by atoms with E-state index in [0.717, 1.165) is 0 Å². The van der Waals surface area contributed by atoms with Crippen molar-refractivity contribution in [2.45, 2.75) is 0 Å². The molecule has 2 aromatic rings. The van der Waals surface area contributed by atoms with E-state index in [1.807, 2.05) is 0 Å². The van der Waals surface area contributed by atoms with Gasteiger partial charge in [0.1, 0.15) is 5.82 Å². The first kappa shape index (κ1) is 10.3. The Morgan fingerprint density at radius 3 is 2.81 bits per heavy atom. The molecule has 0 bridgehead atoms. The highest BCUT2D eigenvalue weighted by Crippen LogP contribution is 2.20. The minimum absolute atomic E-state index is 0.107. The Morgan fingerprint density at radius 2 is 2.25 bits per heavy atom. The van der Waals surface area contributed by atoms with Crippen LogP contribution in [0.5, 0.6) is 0 Å². The Labute approximate surface area is 89.5 Å². The number of aldehydes is 1. The molecule has 1 aromatic carbocycles. The van der Waals surface area contributed by atoms with Gasteiger partial charge in [0, 0.05) is 12.6 Å². The Hall–Kier alpha value is -2.24. The smallest absolute Gasteiger partial charge is 0.298 e. The fourth-order valence-corrected chi connectivity index (χ4v) is 1.49. The summed E-state index contributed by atoms with van der Waals surface area (Å²) >= 11 is 0. The maximum absolute atomic E-state index is 13.3. The van der Waals surface area contributed by atoms with Gasteiger partial charge in [-0.25, -0.2) is 14.3 Å². The Morgan fingerprint density at radius 1 is 1.50 bits per heavy atom. The van der Waals surface area contributed by atoms with Gasteiger partial charge in [0.15, 0.2) is 12.1 Å². The summed E-state index contributed by atoms with van der Waals surface area (Å²) < 4.78 is 14.7. The van der Waals surface area contributed by atoms with Gasteiger partial charge in [-0.1, -0.05) is 12.1 Å². The minimum Gasteiger partial charge on any atom is -0.298 e. The fraction of sp³-hybridized carbons (Fsp3) is 0.100. The van der Waals surface area contributed by atoms with E-state index in [-0.39, 0.29) is 17.0 Å². The molecule has 6 heteroatoms. The summed E-state index contributed by atoms with van der Waals surface area (Å²) in [6.07, 6.45) is 0.407. The number of aromatic nitrogens is 3. The number of carbonyl (C=O) groups is 1. The maximum atomic E-state index is 13.3. The third kappa shape index (κ3) is 1.54. The van der Waals surface area contributed by atoms with Crippen LogP contribution in [0.1, 0.15) is 10.4 Å². The van der Waals surface area contributed by atoms with Crippen LogP contribution < -0.4 is 5.69 Å². The summed E-state index contributed by atoms with van der Waals surface area (Å²) in [6, 6.07) is 4.16. The molecule has 1 aromatic heterocycles. The SMILES string of the molecule is Cn1[nH]c(=O)nc1-c1cccc(F)c1C=O. The molecule has 0 radical (unpaired) electrons. The van der Waals surface area contributed by atoms with Crippen molar-refractivity contribution < 1.29 is 9.18 Å². The first-order chi connectivity index (χ1) is 7.63. The molecule has 0 aliphatic heterocycles. The van der Waals surface area contributed by atoms with Crippen molar-refractivity contribution in [2.24, 2.45) is 7.05 Å². The molecule has 0 saturated heterocycles. The van der Waals surface area contributed by atoms with Crippen molar-refractivity contribution in [1.82, 2.24) is 14.8 Å². The van der Waals surface area contributed by atoms with Crippen LogP contribution in [0, 0.1) is 5.82 Å². The molecule has 5 nitrogen and oxygen atoms in total. The molecule has 0 atom stereocenters. The molecular weight excluding hydrogens is 213 g/mol. The summed E-state index contributed by atoms with van der Waals surface area (Å²) in [5.41, 5.74) is -0.362. The van der Waals surface area contributed by atoms with Gasteiger partial charge < -0.3 is 0 Å². The van der Waals surface area contributed by atoms with E-state index in [9.17, 15) is 14.0 Å². The molecule has 0 aliphatic rings. The molecule has 0 fully saturated rings. The summed E-state index contributed by atoms with van der Waals surface area (Å²) in [7, 11) is 1.56. The number of aryl methyl sites for hydroxylation is 1. The first-order valence-corrected chi connectivity index (χ1v) is 4.50. The van der Waals surface area contributed by atoms with Crippen LogP contribution in [0.15, 0.2) is 23.0 Å². The van der Waals surface area contributed by atoms with E-state index in [1.165, 1.54) is 22.9 Å². The van der Waals surface area contributed by atoms with Gasteiger partial charge in [0.2, 0.25) is 0 Å². The maximum Gasteiger partial charge on any atom is 0.361 e. The predicted molar refractivity (Wildman–Crippen MR) is 54.6 cm³/mol. The van der Waals surface area contributed by atoms with Gasteiger partial charge in [-0.15, -0.1) is 0 Å². The summed E-state index contributed by atoms with van der Waals surface area (Å²) in [4.78, 5) is 25.4. The van der Waals surface area contributed by atoms with Crippen LogP contribution >= 0.6 is 0 Å². The second-order valence-electron chi connectivity index (χ2n) is 3.23. The molecule has 1 N–H and O–H groups in total. The molecule has 16 heavy (non-hydrogen) atoms. The fourth-order valence-electron chi connectivity index (χ4n) is 1.49. The van der Waals surface area contributed by atoms with Gasteiger partial charge in [0.05, 0.1) is 5.56 Å². The lowest BCUT2D eigenvalue weighted by atomic mass is 10.1. The number of hydrogen-bond acceptors (Lipinski definition) is 3. The van der Waals surface area contributed by atoms with Gasteiger partial charge in [-0.3, -0.25) is 9.48 Å². The van der Waals surface area contributed by atoms with E-state index in [1.54, 1.807) is 7.05 Å². The Bertz CT molecular complexity index is 600. The molecule has 2 rings (SSSR count). The Kier molecular flexibility index (Phi) is 2.40. The third-order valence-corrected chi connectivity index (χ3v) is 2.20. The normalized spacial score (nSPS) is 10.4. The highest BCUT2D eigenvalue weighted by molar-refractivity contribution is 5.86. The van der Waals surface area contributed by atoms with Crippen molar-refractivity contribution in [3.05, 3.63) is 40.1 Å². The zero-order valence-corrected chi connectivity index (χ0v) is 8.40. The van der Waals surface area contributed by atoms with Crippen LogP contribution in [0.4, 0.5) is 4.39 Å². The second kappa shape index (κ2) is 3.73. The quantitative estimate of drug-likeness (QED) is 0.760. The monoisotopic (exact) mass is 221 g/mol. The average molecular weight is 221 g/mol. The zero-order chi connectivity index (χ0) is 11.7. The number of hydrogen-bond donors (Lipinski definition) is 1. The van der Waals surface area contributed by atoms with Crippen LogP contribution in [-0.2, 0) is 7.05 Å². The summed E-state index contributed by atoms with van der Waals surface area (Å²) in [5.74, 6) is -0.408. The lowest BCUT2D eigenvalue weighted by Crippen LogP contribution is -2.03. The number of rotatable bonds is 2. The summed E-state index contributed by atoms with van der Waals surface area (Å²) in [6.45, 7) is 0. The van der Waals surface area contributed by atoms with E-state index >= 15 is 0 Å². The third-order valence-electron chi connectivity index (χ3n) is 2.20. The van der Waals surface area contributed by atoms with Gasteiger partial charge in [-0.05, 0) is 6.07 Å². The largest absolute Gasteiger partial charge is 0.361 e. The highest BCUT2D eigenvalue weighted by atomic mass is 19.1. The predicted octanol–water partition coefficient (Wildman–Crippen LogP) is 0.727. The lowest BCUT2D eigenvalue weighted by molar-refractivity contribution is 0.112. The zero-order valence-electron chi connectivity index (χ0n) is 8.40. The van der Waals surface area contributed by atoms with Gasteiger partial charge in [-0.2, -0.15) is 4.98 Å². The number of nitrogens with one attached hydrogen (secondary N) is 1. The van der Waals surface area contributed by atoms with Gasteiger partial charge >= 0.3 is 5.69 Å². The molecular formula is C10H8FN3O2. The highest BCUT2D eigenvalue weighted by Gasteiger charge is 2.13. The minimum atomic E-state index is -0.636. The van der Waals surface area contributed by atoms with Crippen molar-refractivity contribution >= 4 is 6.29 Å². The van der Waals surface area contributed by atoms with Crippen molar-refractivity contribution in [2.75, 3.05) is 0 Å². The van der Waals surface area contributed by atoms with E-state index in [4.69, 9.17) is 0 Å². The van der Waals surface area contributed by atoms with E-state index in [2.05, 4.69) is 10.1 Å². The Balaban J connectivity index is 2.73. The molecule has 0 amide bonds. The van der Waals surface area contributed by atoms with E-state index < -0.39 is 11.5 Å². The number of halogens is 1. The first-order valence-electron chi connectivity index (χ1n) is 4.50. The average Bonchev–Trinajstić information content (AvgIpc) is 2.57. The topological polar surface area (TPSA) is 67.8 Å². The van der Waals surface area contributed by atoms with Crippen molar-refractivity contribution in [3.8, 4) is 11.4 Å². The molecule has 82 valence electrons. The van der Waals surface area contributed by atoms with Crippen LogP contribution in [0.2, 0.25) is 0 Å². The molecule has 1 heterocycles. The number of nitrogens with zero attached hydrogens (tertiary/aromatic N) is 2. The van der Waals surface area contributed by atoms with Crippen molar-refractivity contribution in [1.29, 1.82) is 0 Å². The number of carbonyl (C=O) groups excluding carboxylic acids is 1. The molecule has 0 unspecified atom stereocenters. The molecule has 0 saturated carbocycles. The lowest BCUT2D eigenvalue weighted by Gasteiger charge is -2.04. The van der Waals surface area contributed by atoms with E-state index in [0.29, 0.717) is 6.29 Å². The van der Waals surface area contributed by atoms with Crippen LogP contribution in [0.3, 0.4) is 0 Å². The van der Waals surface area contributed by atoms with Crippen LogP contribution in [0.25, 0.3) is 11.4 Å². The second-order valence-corrected chi connectivity index (χ2v) is 3.23. The molecule has 0 spiro atoms. The number of H-pyrrole nitrogens is 1. The standard InChI is InChI=1S/C10H8FN3O2/c1-14-9(12-10(16)13-14)6-3-2-4-8(11)7(6)5-15/h2-5H,1H3,(H,13,16). The number of aromatic amines is 1. The summed E-state index contributed by atoms with van der Waals surface area (Å²) in [5, 5.41) is 2.39. The van der Waals surface area contributed by atoms with Crippen molar-refractivity contribution in [3.63, 3.8) is 0 Å².